The Morgan fingerprint density at radius 3 is 3.00 bits per heavy atom. The molecule has 0 atom stereocenters. The van der Waals surface area contributed by atoms with E-state index in [1.54, 1.807) is 7.11 Å². The SMILES string of the molecule is C=CCc1c[nH]c2cc(OC)c(Br)cc12. The molecule has 1 heterocycles. The topological polar surface area (TPSA) is 25.0 Å². The van der Waals surface area contributed by atoms with Crippen LogP contribution in [0.1, 0.15) is 5.56 Å². The summed E-state index contributed by atoms with van der Waals surface area (Å²) in [5.41, 5.74) is 2.34. The number of benzene rings is 1. The van der Waals surface area contributed by atoms with Crippen molar-refractivity contribution >= 4 is 26.8 Å². The Labute approximate surface area is 97.1 Å². The summed E-state index contributed by atoms with van der Waals surface area (Å²) in [5.74, 6) is 0.842. The summed E-state index contributed by atoms with van der Waals surface area (Å²) in [6, 6.07) is 4.06. The van der Waals surface area contributed by atoms with Gasteiger partial charge in [-0.1, -0.05) is 6.08 Å². The Morgan fingerprint density at radius 1 is 1.53 bits per heavy atom. The third-order valence-electron chi connectivity index (χ3n) is 2.40. The van der Waals surface area contributed by atoms with E-state index in [4.69, 9.17) is 4.74 Å². The van der Waals surface area contributed by atoms with Gasteiger partial charge in [0.1, 0.15) is 5.75 Å². The number of halogens is 1. The molecule has 0 aliphatic rings. The molecular weight excluding hydrogens is 254 g/mol. The van der Waals surface area contributed by atoms with Crippen LogP contribution < -0.4 is 4.74 Å². The molecule has 3 heteroatoms. The molecule has 0 saturated heterocycles. The van der Waals surface area contributed by atoms with Crippen molar-refractivity contribution in [3.05, 3.63) is 41.0 Å². The normalized spacial score (nSPS) is 10.5. The Hall–Kier alpha value is -1.22. The van der Waals surface area contributed by atoms with Crippen LogP contribution in [-0.4, -0.2) is 12.1 Å². The van der Waals surface area contributed by atoms with Gasteiger partial charge in [-0.15, -0.1) is 6.58 Å². The first-order valence-corrected chi connectivity index (χ1v) is 5.50. The number of aromatic amines is 1. The van der Waals surface area contributed by atoms with Crippen molar-refractivity contribution in [1.82, 2.24) is 4.98 Å². The third-order valence-corrected chi connectivity index (χ3v) is 3.02. The van der Waals surface area contributed by atoms with Crippen molar-refractivity contribution in [1.29, 1.82) is 0 Å². The highest BCUT2D eigenvalue weighted by molar-refractivity contribution is 9.10. The highest BCUT2D eigenvalue weighted by Gasteiger charge is 2.07. The number of methoxy groups -OCH3 is 1. The van der Waals surface area contributed by atoms with E-state index in [1.165, 1.54) is 10.9 Å². The lowest BCUT2D eigenvalue weighted by atomic mass is 10.1. The van der Waals surface area contributed by atoms with Crippen LogP contribution in [0.15, 0.2) is 35.5 Å². The summed E-state index contributed by atoms with van der Waals surface area (Å²) in [4.78, 5) is 3.23. The van der Waals surface area contributed by atoms with Crippen LogP contribution in [0.4, 0.5) is 0 Å². The standard InChI is InChI=1S/C12H12BrNO/c1-3-4-8-7-14-11-6-12(15-2)10(13)5-9(8)11/h3,5-7,14H,1,4H2,2H3. The van der Waals surface area contributed by atoms with Gasteiger partial charge in [0, 0.05) is 23.2 Å². The van der Waals surface area contributed by atoms with Crippen molar-refractivity contribution in [2.45, 2.75) is 6.42 Å². The molecule has 0 aliphatic carbocycles. The molecule has 0 bridgehead atoms. The van der Waals surface area contributed by atoms with Crippen molar-refractivity contribution in [2.75, 3.05) is 7.11 Å². The average molecular weight is 266 g/mol. The molecule has 1 aromatic heterocycles. The van der Waals surface area contributed by atoms with Gasteiger partial charge in [-0.2, -0.15) is 0 Å². The Bertz CT molecular complexity index is 502. The second-order valence-electron chi connectivity index (χ2n) is 3.34. The number of H-pyrrole nitrogens is 1. The number of hydrogen-bond donors (Lipinski definition) is 1. The minimum absolute atomic E-state index is 0.842. The molecule has 78 valence electrons. The number of ether oxygens (including phenoxy) is 1. The maximum Gasteiger partial charge on any atom is 0.135 e. The first-order chi connectivity index (χ1) is 7.26. The molecule has 1 aromatic carbocycles. The van der Waals surface area contributed by atoms with E-state index >= 15 is 0 Å². The minimum Gasteiger partial charge on any atom is -0.495 e. The molecular formula is C12H12BrNO. The van der Waals surface area contributed by atoms with Gasteiger partial charge >= 0.3 is 0 Å². The smallest absolute Gasteiger partial charge is 0.135 e. The highest BCUT2D eigenvalue weighted by Crippen LogP contribution is 2.31. The van der Waals surface area contributed by atoms with Gasteiger partial charge in [-0.05, 0) is 34.0 Å². The molecule has 0 unspecified atom stereocenters. The maximum absolute atomic E-state index is 5.24. The molecule has 2 aromatic rings. The van der Waals surface area contributed by atoms with Crippen molar-refractivity contribution in [3.63, 3.8) is 0 Å². The van der Waals surface area contributed by atoms with Crippen LogP contribution in [0.2, 0.25) is 0 Å². The second kappa shape index (κ2) is 4.11. The van der Waals surface area contributed by atoms with Crippen molar-refractivity contribution < 1.29 is 4.74 Å². The first-order valence-electron chi connectivity index (χ1n) is 4.70. The number of rotatable bonds is 3. The summed E-state index contributed by atoms with van der Waals surface area (Å²) < 4.78 is 6.21. The summed E-state index contributed by atoms with van der Waals surface area (Å²) in [6.45, 7) is 3.75. The summed E-state index contributed by atoms with van der Waals surface area (Å²) >= 11 is 3.48. The van der Waals surface area contributed by atoms with E-state index in [2.05, 4.69) is 33.6 Å². The van der Waals surface area contributed by atoms with Gasteiger partial charge < -0.3 is 9.72 Å². The van der Waals surface area contributed by atoms with Gasteiger partial charge in [0.25, 0.3) is 0 Å². The largest absolute Gasteiger partial charge is 0.495 e. The van der Waals surface area contributed by atoms with E-state index < -0.39 is 0 Å². The Morgan fingerprint density at radius 2 is 2.33 bits per heavy atom. The summed E-state index contributed by atoms with van der Waals surface area (Å²) in [6.07, 6.45) is 4.79. The maximum atomic E-state index is 5.24. The number of allylic oxidation sites excluding steroid dienone is 1. The van der Waals surface area contributed by atoms with Gasteiger partial charge in [0.15, 0.2) is 0 Å². The predicted molar refractivity (Wildman–Crippen MR) is 66.5 cm³/mol. The molecule has 0 saturated carbocycles. The van der Waals surface area contributed by atoms with E-state index in [0.717, 1.165) is 22.2 Å². The predicted octanol–water partition coefficient (Wildman–Crippen LogP) is 3.67. The lowest BCUT2D eigenvalue weighted by Crippen LogP contribution is -1.84. The van der Waals surface area contributed by atoms with Crippen LogP contribution in [-0.2, 0) is 6.42 Å². The molecule has 2 rings (SSSR count). The molecule has 0 spiro atoms. The number of hydrogen-bond acceptors (Lipinski definition) is 1. The number of aromatic nitrogens is 1. The van der Waals surface area contributed by atoms with Crippen molar-refractivity contribution in [3.8, 4) is 5.75 Å². The van der Waals surface area contributed by atoms with Crippen LogP contribution >= 0.6 is 15.9 Å². The zero-order chi connectivity index (χ0) is 10.8. The second-order valence-corrected chi connectivity index (χ2v) is 4.19. The van der Waals surface area contributed by atoms with E-state index in [-0.39, 0.29) is 0 Å². The summed E-state index contributed by atoms with van der Waals surface area (Å²) in [5, 5.41) is 1.21. The Kier molecular flexibility index (Phi) is 2.82. The van der Waals surface area contributed by atoms with Crippen molar-refractivity contribution in [2.24, 2.45) is 0 Å². The zero-order valence-corrected chi connectivity index (χ0v) is 10.1. The monoisotopic (exact) mass is 265 g/mol. The van der Waals surface area contributed by atoms with Crippen LogP contribution in [0, 0.1) is 0 Å². The molecule has 0 aliphatic heterocycles. The minimum atomic E-state index is 0.842. The third kappa shape index (κ3) is 1.79. The van der Waals surface area contributed by atoms with E-state index in [0.29, 0.717) is 0 Å². The summed E-state index contributed by atoms with van der Waals surface area (Å²) in [7, 11) is 1.67. The lowest BCUT2D eigenvalue weighted by molar-refractivity contribution is 0.413. The quantitative estimate of drug-likeness (QED) is 0.842. The van der Waals surface area contributed by atoms with Crippen LogP contribution in [0.3, 0.4) is 0 Å². The van der Waals surface area contributed by atoms with Gasteiger partial charge in [-0.3, -0.25) is 0 Å². The molecule has 0 radical (unpaired) electrons. The molecule has 15 heavy (non-hydrogen) atoms. The van der Waals surface area contributed by atoms with Crippen LogP contribution in [0.25, 0.3) is 10.9 Å². The number of fused-ring (bicyclic) bond motifs is 1. The number of nitrogens with one attached hydrogen (secondary N) is 1. The molecule has 2 nitrogen and oxygen atoms in total. The first kappa shape index (κ1) is 10.3. The van der Waals surface area contributed by atoms with Crippen LogP contribution in [0.5, 0.6) is 5.75 Å². The van der Waals surface area contributed by atoms with E-state index in [9.17, 15) is 0 Å². The zero-order valence-electron chi connectivity index (χ0n) is 8.51. The fraction of sp³-hybridized carbons (Fsp3) is 0.167. The Balaban J connectivity index is 2.62. The lowest BCUT2D eigenvalue weighted by Gasteiger charge is -2.03. The molecule has 0 fully saturated rings. The van der Waals surface area contributed by atoms with Gasteiger partial charge in [0.05, 0.1) is 11.6 Å². The van der Waals surface area contributed by atoms with Gasteiger partial charge in [-0.25, -0.2) is 0 Å². The highest BCUT2D eigenvalue weighted by atomic mass is 79.9. The fourth-order valence-corrected chi connectivity index (χ4v) is 2.17. The average Bonchev–Trinajstić information content (AvgIpc) is 2.61. The van der Waals surface area contributed by atoms with E-state index in [1.807, 2.05) is 18.3 Å². The molecule has 1 N–H and O–H groups in total. The van der Waals surface area contributed by atoms with Gasteiger partial charge in [0.2, 0.25) is 0 Å². The fourth-order valence-electron chi connectivity index (χ4n) is 1.66. The molecule has 0 amide bonds.